The molecule has 0 radical (unpaired) electrons. The summed E-state index contributed by atoms with van der Waals surface area (Å²) in [5.41, 5.74) is 5.33. The highest BCUT2D eigenvalue weighted by molar-refractivity contribution is 8.00. The molecular formula is C34H33F3N2OS. The van der Waals surface area contributed by atoms with Gasteiger partial charge in [-0.15, -0.1) is 11.8 Å². The molecule has 212 valence electrons. The fourth-order valence-electron chi connectivity index (χ4n) is 5.10. The van der Waals surface area contributed by atoms with Gasteiger partial charge in [0.15, 0.2) is 0 Å². The molecule has 1 amide bonds. The fourth-order valence-corrected chi connectivity index (χ4v) is 6.17. The minimum Gasteiger partial charge on any atom is -0.322 e. The molecule has 1 N–H and O–H groups in total. The van der Waals surface area contributed by atoms with E-state index < -0.39 is 11.7 Å². The Morgan fingerprint density at radius 1 is 0.878 bits per heavy atom. The molecule has 1 aliphatic rings. The van der Waals surface area contributed by atoms with Crippen LogP contribution in [0.2, 0.25) is 0 Å². The second-order valence-electron chi connectivity index (χ2n) is 11.3. The van der Waals surface area contributed by atoms with Crippen LogP contribution in [0.3, 0.4) is 0 Å². The highest BCUT2D eigenvalue weighted by Crippen LogP contribution is 2.36. The predicted molar refractivity (Wildman–Crippen MR) is 161 cm³/mol. The van der Waals surface area contributed by atoms with E-state index >= 15 is 0 Å². The van der Waals surface area contributed by atoms with E-state index in [0.717, 1.165) is 38.2 Å². The highest BCUT2D eigenvalue weighted by atomic mass is 32.2. The minimum atomic E-state index is -4.41. The summed E-state index contributed by atoms with van der Waals surface area (Å²) >= 11 is 1.90. The Hall–Kier alpha value is -3.55. The van der Waals surface area contributed by atoms with E-state index in [1.54, 1.807) is 24.3 Å². The van der Waals surface area contributed by atoms with E-state index in [1.165, 1.54) is 33.7 Å². The Bertz CT molecular complexity index is 1540. The summed E-state index contributed by atoms with van der Waals surface area (Å²) in [5.74, 6) is -0.300. The third-order valence-corrected chi connectivity index (χ3v) is 8.26. The third kappa shape index (κ3) is 7.21. The Balaban J connectivity index is 1.28. The first-order chi connectivity index (χ1) is 19.5. The highest BCUT2D eigenvalue weighted by Gasteiger charge is 2.30. The largest absolute Gasteiger partial charge is 0.416 e. The predicted octanol–water partition coefficient (Wildman–Crippen LogP) is 9.07. The van der Waals surface area contributed by atoms with Gasteiger partial charge in [0.1, 0.15) is 0 Å². The average molecular weight is 575 g/mol. The maximum Gasteiger partial charge on any atom is 0.416 e. The summed E-state index contributed by atoms with van der Waals surface area (Å²) in [6.45, 7) is 9.35. The van der Waals surface area contributed by atoms with Crippen LogP contribution in [0.4, 0.5) is 18.9 Å². The number of fused-ring (bicyclic) bond motifs is 1. The minimum absolute atomic E-state index is 0.143. The zero-order valence-corrected chi connectivity index (χ0v) is 24.2. The number of hydrogen-bond acceptors (Lipinski definition) is 3. The molecule has 0 aliphatic carbocycles. The molecule has 5 rings (SSSR count). The number of thioether (sulfide) groups is 1. The van der Waals surface area contributed by atoms with E-state index in [2.05, 4.69) is 61.3 Å². The first-order valence-electron chi connectivity index (χ1n) is 13.7. The number of anilines is 1. The quantitative estimate of drug-likeness (QED) is 0.233. The summed E-state index contributed by atoms with van der Waals surface area (Å²) in [6.07, 6.45) is -3.52. The van der Waals surface area contributed by atoms with Gasteiger partial charge in [0.2, 0.25) is 0 Å². The molecule has 0 atom stereocenters. The number of nitrogens with zero attached hydrogens (tertiary/aromatic N) is 1. The molecule has 0 unspecified atom stereocenters. The number of hydrogen-bond donors (Lipinski definition) is 1. The topological polar surface area (TPSA) is 32.3 Å². The van der Waals surface area contributed by atoms with Crippen LogP contribution in [0.5, 0.6) is 0 Å². The Morgan fingerprint density at radius 2 is 1.59 bits per heavy atom. The molecule has 4 aromatic carbocycles. The van der Waals surface area contributed by atoms with Crippen molar-refractivity contribution in [2.24, 2.45) is 0 Å². The molecule has 0 aromatic heterocycles. The van der Waals surface area contributed by atoms with E-state index in [0.29, 0.717) is 22.4 Å². The molecule has 1 aliphatic heterocycles. The zero-order chi connectivity index (χ0) is 29.2. The van der Waals surface area contributed by atoms with Gasteiger partial charge < -0.3 is 5.32 Å². The van der Waals surface area contributed by atoms with Gasteiger partial charge in [-0.2, -0.15) is 13.2 Å². The summed E-state index contributed by atoms with van der Waals surface area (Å²) in [6, 6.07) is 26.5. The Kier molecular flexibility index (Phi) is 8.30. The molecule has 0 fully saturated rings. The van der Waals surface area contributed by atoms with Crippen molar-refractivity contribution in [3.05, 3.63) is 119 Å². The number of alkyl halides is 3. The fraction of sp³-hybridized carbons (Fsp3) is 0.265. The van der Waals surface area contributed by atoms with Crippen LogP contribution in [-0.4, -0.2) is 22.1 Å². The number of carbonyl (C=O) groups excluding carboxylic acids is 1. The van der Waals surface area contributed by atoms with Gasteiger partial charge in [-0.05, 0) is 70.6 Å². The Morgan fingerprint density at radius 3 is 2.32 bits per heavy atom. The van der Waals surface area contributed by atoms with Crippen LogP contribution in [0, 0.1) is 0 Å². The summed E-state index contributed by atoms with van der Waals surface area (Å²) in [4.78, 5) is 17.1. The summed E-state index contributed by atoms with van der Waals surface area (Å²) < 4.78 is 39.2. The van der Waals surface area contributed by atoms with Gasteiger partial charge in [0, 0.05) is 40.5 Å². The summed E-state index contributed by atoms with van der Waals surface area (Å²) in [7, 11) is 0. The zero-order valence-electron chi connectivity index (χ0n) is 23.4. The lowest BCUT2D eigenvalue weighted by molar-refractivity contribution is -0.137. The van der Waals surface area contributed by atoms with Crippen molar-refractivity contribution < 1.29 is 18.0 Å². The number of benzene rings is 4. The van der Waals surface area contributed by atoms with Gasteiger partial charge in [0.25, 0.3) is 5.91 Å². The molecule has 0 spiro atoms. The second-order valence-corrected chi connectivity index (χ2v) is 13.2. The van der Waals surface area contributed by atoms with Crippen LogP contribution in [-0.2, 0) is 25.7 Å². The maximum absolute atomic E-state index is 13.3. The van der Waals surface area contributed by atoms with Gasteiger partial charge in [-0.3, -0.25) is 9.69 Å². The molecule has 0 saturated carbocycles. The lowest BCUT2D eigenvalue weighted by Gasteiger charge is -2.30. The van der Waals surface area contributed by atoms with Crippen molar-refractivity contribution in [2.75, 3.05) is 11.9 Å². The lowest BCUT2D eigenvalue weighted by Crippen LogP contribution is -2.30. The van der Waals surface area contributed by atoms with Crippen molar-refractivity contribution in [1.29, 1.82) is 0 Å². The number of carbonyl (C=O) groups is 1. The maximum atomic E-state index is 13.3. The van der Waals surface area contributed by atoms with Crippen LogP contribution < -0.4 is 5.32 Å². The van der Waals surface area contributed by atoms with Crippen LogP contribution in [0.1, 0.15) is 53.4 Å². The van der Waals surface area contributed by atoms with E-state index in [4.69, 9.17) is 0 Å². The second kappa shape index (κ2) is 11.7. The van der Waals surface area contributed by atoms with E-state index in [1.807, 2.05) is 23.9 Å². The van der Waals surface area contributed by atoms with E-state index in [-0.39, 0.29) is 10.7 Å². The number of amides is 1. The van der Waals surface area contributed by atoms with Crippen molar-refractivity contribution in [3.63, 3.8) is 0 Å². The van der Waals surface area contributed by atoms with Crippen molar-refractivity contribution in [2.45, 2.75) is 56.1 Å². The molecule has 7 heteroatoms. The van der Waals surface area contributed by atoms with Crippen molar-refractivity contribution in [1.82, 2.24) is 4.90 Å². The van der Waals surface area contributed by atoms with Crippen molar-refractivity contribution >= 4 is 23.4 Å². The summed E-state index contributed by atoms with van der Waals surface area (Å²) in [5, 5.41) is 3.00. The molecule has 1 heterocycles. The smallest absolute Gasteiger partial charge is 0.322 e. The molecule has 0 saturated heterocycles. The van der Waals surface area contributed by atoms with Gasteiger partial charge in [-0.25, -0.2) is 0 Å². The lowest BCUT2D eigenvalue weighted by atomic mass is 9.97. The van der Waals surface area contributed by atoms with Crippen LogP contribution >= 0.6 is 11.8 Å². The molecule has 4 aromatic rings. The standard InChI is InChI=1S/C34H33F3N2OS/c1-33(2,3)41-31-11-7-4-8-26(31)22-39-19-18-24-20-28(17-14-25(24)21-39)38-32(40)30-10-6-5-9-29(30)23-12-15-27(16-13-23)34(35,36)37/h4-17,20H,18-19,21-22H2,1-3H3,(H,38,40). The number of nitrogens with one attached hydrogen (secondary N) is 1. The number of rotatable bonds is 6. The van der Waals surface area contributed by atoms with E-state index in [9.17, 15) is 18.0 Å². The van der Waals surface area contributed by atoms with Crippen molar-refractivity contribution in [3.8, 4) is 11.1 Å². The molecule has 41 heavy (non-hydrogen) atoms. The molecule has 3 nitrogen and oxygen atoms in total. The first-order valence-corrected chi connectivity index (χ1v) is 14.5. The monoisotopic (exact) mass is 574 g/mol. The van der Waals surface area contributed by atoms with Gasteiger partial charge >= 0.3 is 6.18 Å². The van der Waals surface area contributed by atoms with Gasteiger partial charge in [0.05, 0.1) is 5.56 Å². The number of halogens is 3. The van der Waals surface area contributed by atoms with Crippen LogP contribution in [0.15, 0.2) is 95.9 Å². The first kappa shape index (κ1) is 29.0. The normalized spacial score (nSPS) is 14.0. The average Bonchev–Trinajstić information content (AvgIpc) is 2.93. The van der Waals surface area contributed by atoms with Crippen LogP contribution in [0.25, 0.3) is 11.1 Å². The molecule has 0 bridgehead atoms. The SMILES string of the molecule is CC(C)(C)Sc1ccccc1CN1CCc2cc(NC(=O)c3ccccc3-c3ccc(C(F)(F)F)cc3)ccc2C1. The third-order valence-electron chi connectivity index (χ3n) is 7.03. The van der Waals surface area contributed by atoms with Gasteiger partial charge in [-0.1, -0.05) is 75.4 Å². The Labute approximate surface area is 243 Å². The molecular weight excluding hydrogens is 541 g/mol.